The minimum absolute atomic E-state index is 0.0984. The molecule has 4 heterocycles. The third-order valence-corrected chi connectivity index (χ3v) is 6.05. The lowest BCUT2D eigenvalue weighted by Crippen LogP contribution is -2.46. The number of aliphatic hydroxyl groups is 1. The fourth-order valence-electron chi connectivity index (χ4n) is 4.23. The van der Waals surface area contributed by atoms with Crippen LogP contribution in [0, 0.1) is 0 Å². The number of amides is 2. The molecule has 1 aromatic carbocycles. The summed E-state index contributed by atoms with van der Waals surface area (Å²) in [4.78, 5) is 31.3. The molecule has 1 N–H and O–H groups in total. The van der Waals surface area contributed by atoms with Gasteiger partial charge in [0.15, 0.2) is 0 Å². The Balaban J connectivity index is 1.40. The van der Waals surface area contributed by atoms with Crippen LogP contribution in [0.25, 0.3) is 5.65 Å². The number of carbonyl (C=O) groups excluding carboxylic acids is 2. The van der Waals surface area contributed by atoms with E-state index in [4.69, 9.17) is 4.74 Å². The average Bonchev–Trinajstić information content (AvgIpc) is 3.43. The summed E-state index contributed by atoms with van der Waals surface area (Å²) in [6.45, 7) is 0.593. The molecule has 1 saturated carbocycles. The van der Waals surface area contributed by atoms with Crippen molar-refractivity contribution < 1.29 is 19.4 Å². The van der Waals surface area contributed by atoms with E-state index in [-0.39, 0.29) is 31.6 Å². The first-order chi connectivity index (χ1) is 14.0. The maximum Gasteiger partial charge on any atom is 0.261 e. The van der Waals surface area contributed by atoms with E-state index < -0.39 is 5.60 Å². The Hall–Kier alpha value is -3.03. The van der Waals surface area contributed by atoms with Crippen molar-refractivity contribution in [1.82, 2.24) is 14.3 Å². The molecule has 0 radical (unpaired) electrons. The smallest absolute Gasteiger partial charge is 0.261 e. The molecule has 0 bridgehead atoms. The van der Waals surface area contributed by atoms with Crippen molar-refractivity contribution in [2.75, 3.05) is 13.2 Å². The second kappa shape index (κ2) is 5.75. The summed E-state index contributed by atoms with van der Waals surface area (Å²) >= 11 is 0. The van der Waals surface area contributed by atoms with Crippen molar-refractivity contribution in [2.24, 2.45) is 0 Å². The summed E-state index contributed by atoms with van der Waals surface area (Å²) in [6, 6.07) is 8.89. The molecule has 6 rings (SSSR count). The third kappa shape index (κ3) is 2.47. The summed E-state index contributed by atoms with van der Waals surface area (Å²) in [5.41, 5.74) is 3.01. The number of carbonyl (C=O) groups is 2. The Kier molecular flexibility index (Phi) is 3.34. The van der Waals surface area contributed by atoms with Crippen LogP contribution in [0.2, 0.25) is 0 Å². The van der Waals surface area contributed by atoms with Crippen LogP contribution in [-0.2, 0) is 16.9 Å². The zero-order valence-corrected chi connectivity index (χ0v) is 15.7. The van der Waals surface area contributed by atoms with E-state index >= 15 is 0 Å². The predicted octanol–water partition coefficient (Wildman–Crippen LogP) is 2.23. The SMILES string of the molecule is O=C1c2ccccc2C(=O)N1Cc1cn2cc(C3CC3)cc(C3(O)COC3)c2n1. The lowest BCUT2D eigenvalue weighted by Gasteiger charge is -2.37. The Morgan fingerprint density at radius 3 is 2.38 bits per heavy atom. The largest absolute Gasteiger partial charge is 0.380 e. The van der Waals surface area contributed by atoms with Crippen molar-refractivity contribution >= 4 is 17.5 Å². The van der Waals surface area contributed by atoms with Crippen LogP contribution in [0.3, 0.4) is 0 Å². The van der Waals surface area contributed by atoms with Gasteiger partial charge in [0.2, 0.25) is 0 Å². The van der Waals surface area contributed by atoms with Crippen molar-refractivity contribution in [3.05, 3.63) is 70.7 Å². The molecular weight excluding hydrogens is 370 g/mol. The molecule has 1 aliphatic carbocycles. The number of benzene rings is 1. The number of pyridine rings is 1. The summed E-state index contributed by atoms with van der Waals surface area (Å²) in [5, 5.41) is 10.9. The summed E-state index contributed by atoms with van der Waals surface area (Å²) in [7, 11) is 0. The van der Waals surface area contributed by atoms with Gasteiger partial charge in [-0.25, -0.2) is 4.98 Å². The molecule has 1 saturated heterocycles. The highest BCUT2D eigenvalue weighted by atomic mass is 16.5. The fraction of sp³-hybridized carbons (Fsp3) is 0.318. The van der Waals surface area contributed by atoms with E-state index in [1.807, 2.05) is 22.9 Å². The van der Waals surface area contributed by atoms with Crippen LogP contribution >= 0.6 is 0 Å². The van der Waals surface area contributed by atoms with E-state index in [0.29, 0.717) is 28.4 Å². The number of fused-ring (bicyclic) bond motifs is 2. The summed E-state index contributed by atoms with van der Waals surface area (Å²) in [6.07, 6.45) is 6.18. The van der Waals surface area contributed by atoms with Gasteiger partial charge in [-0.3, -0.25) is 14.5 Å². The molecule has 2 aromatic heterocycles. The molecule has 7 nitrogen and oxygen atoms in total. The van der Waals surface area contributed by atoms with Crippen molar-refractivity contribution in [3.8, 4) is 0 Å². The molecule has 2 amide bonds. The average molecular weight is 389 g/mol. The summed E-state index contributed by atoms with van der Waals surface area (Å²) < 4.78 is 7.16. The molecule has 0 unspecified atom stereocenters. The van der Waals surface area contributed by atoms with Crippen LogP contribution in [0.1, 0.15) is 56.3 Å². The third-order valence-electron chi connectivity index (χ3n) is 6.05. The molecule has 0 atom stereocenters. The van der Waals surface area contributed by atoms with Gasteiger partial charge in [0.05, 0.1) is 36.6 Å². The highest BCUT2D eigenvalue weighted by Gasteiger charge is 2.41. The maximum absolute atomic E-state index is 12.7. The maximum atomic E-state index is 12.7. The van der Waals surface area contributed by atoms with Gasteiger partial charge in [-0.05, 0) is 42.5 Å². The van der Waals surface area contributed by atoms with Gasteiger partial charge >= 0.3 is 0 Å². The summed E-state index contributed by atoms with van der Waals surface area (Å²) in [5.74, 6) is -0.0787. The van der Waals surface area contributed by atoms with E-state index in [9.17, 15) is 14.7 Å². The van der Waals surface area contributed by atoms with Gasteiger partial charge < -0.3 is 14.2 Å². The minimum Gasteiger partial charge on any atom is -0.380 e. The molecule has 146 valence electrons. The Bertz CT molecular complexity index is 1150. The first-order valence-corrected chi connectivity index (χ1v) is 9.81. The number of ether oxygens (including phenoxy) is 1. The molecule has 2 fully saturated rings. The number of imidazole rings is 1. The van der Waals surface area contributed by atoms with Gasteiger partial charge in [-0.15, -0.1) is 0 Å². The van der Waals surface area contributed by atoms with E-state index in [1.54, 1.807) is 24.3 Å². The van der Waals surface area contributed by atoms with Crippen LogP contribution in [0.5, 0.6) is 0 Å². The standard InChI is InChI=1S/C22H19N3O4/c26-20-16-3-1-2-4-17(16)21(27)25(20)10-15-9-24-8-14(13-5-6-13)7-18(19(24)23-15)22(28)11-29-12-22/h1-4,7-9,13,28H,5-6,10-12H2. The van der Waals surface area contributed by atoms with Crippen molar-refractivity contribution in [1.29, 1.82) is 0 Å². The monoisotopic (exact) mass is 389 g/mol. The Morgan fingerprint density at radius 2 is 1.79 bits per heavy atom. The number of nitrogens with zero attached hydrogens (tertiary/aromatic N) is 3. The van der Waals surface area contributed by atoms with E-state index in [0.717, 1.165) is 18.4 Å². The van der Waals surface area contributed by atoms with Gasteiger partial charge in [-0.1, -0.05) is 12.1 Å². The van der Waals surface area contributed by atoms with Crippen LogP contribution in [-0.4, -0.2) is 44.4 Å². The van der Waals surface area contributed by atoms with E-state index in [2.05, 4.69) is 4.98 Å². The quantitative estimate of drug-likeness (QED) is 0.692. The molecular formula is C22H19N3O4. The van der Waals surface area contributed by atoms with Crippen LogP contribution in [0.4, 0.5) is 0 Å². The van der Waals surface area contributed by atoms with Gasteiger partial charge in [0.1, 0.15) is 11.2 Å². The highest BCUT2D eigenvalue weighted by molar-refractivity contribution is 6.21. The van der Waals surface area contributed by atoms with Gasteiger partial charge in [0.25, 0.3) is 11.8 Å². The molecule has 0 spiro atoms. The zero-order valence-electron chi connectivity index (χ0n) is 15.7. The predicted molar refractivity (Wildman–Crippen MR) is 103 cm³/mol. The molecule has 2 aliphatic heterocycles. The number of rotatable bonds is 4. The Morgan fingerprint density at radius 1 is 1.10 bits per heavy atom. The fourth-order valence-corrected chi connectivity index (χ4v) is 4.23. The van der Waals surface area contributed by atoms with Crippen LogP contribution in [0.15, 0.2) is 42.7 Å². The Labute approximate surface area is 166 Å². The number of imide groups is 1. The number of aromatic nitrogens is 2. The topological polar surface area (TPSA) is 84.1 Å². The van der Waals surface area contributed by atoms with Crippen molar-refractivity contribution in [3.63, 3.8) is 0 Å². The van der Waals surface area contributed by atoms with Crippen LogP contribution < -0.4 is 0 Å². The lowest BCUT2D eigenvalue weighted by atomic mass is 9.91. The van der Waals surface area contributed by atoms with Gasteiger partial charge in [0, 0.05) is 18.0 Å². The van der Waals surface area contributed by atoms with E-state index in [1.165, 1.54) is 10.5 Å². The lowest BCUT2D eigenvalue weighted by molar-refractivity contribution is -0.184. The van der Waals surface area contributed by atoms with Gasteiger partial charge in [-0.2, -0.15) is 0 Å². The normalized spacial score (nSPS) is 20.2. The second-order valence-electron chi connectivity index (χ2n) is 8.19. The zero-order chi connectivity index (χ0) is 19.8. The second-order valence-corrected chi connectivity index (χ2v) is 8.19. The molecule has 3 aromatic rings. The first-order valence-electron chi connectivity index (χ1n) is 9.81. The molecule has 7 heteroatoms. The molecule has 3 aliphatic rings. The first kappa shape index (κ1) is 16.9. The molecule has 29 heavy (non-hydrogen) atoms. The number of hydrogen-bond acceptors (Lipinski definition) is 5. The highest BCUT2D eigenvalue weighted by Crippen LogP contribution is 2.42. The van der Waals surface area contributed by atoms with Crippen molar-refractivity contribution in [2.45, 2.75) is 30.9 Å². The minimum atomic E-state index is -1.04. The number of hydrogen-bond donors (Lipinski definition) is 1.